The van der Waals surface area contributed by atoms with Crippen LogP contribution in [0.2, 0.25) is 0 Å². The van der Waals surface area contributed by atoms with Crippen molar-refractivity contribution in [3.05, 3.63) is 59.2 Å². The molecule has 2 heterocycles. The minimum absolute atomic E-state index is 0.0812. The zero-order valence-corrected chi connectivity index (χ0v) is 18.7. The molecule has 34 heavy (non-hydrogen) atoms. The Morgan fingerprint density at radius 3 is 1.94 bits per heavy atom. The second-order valence-electron chi connectivity index (χ2n) is 8.61. The van der Waals surface area contributed by atoms with Gasteiger partial charge in [0.25, 0.3) is 0 Å². The largest absolute Gasteiger partial charge is 0.419 e. The number of halogens is 6. The van der Waals surface area contributed by atoms with Crippen LogP contribution in [0.4, 0.5) is 26.3 Å². The Labute approximate surface area is 191 Å². The molecule has 4 nitrogen and oxygen atoms in total. The van der Waals surface area contributed by atoms with Crippen molar-refractivity contribution >= 4 is 21.8 Å². The number of benzene rings is 2. The van der Waals surface area contributed by atoms with Gasteiger partial charge >= 0.3 is 12.4 Å². The highest BCUT2D eigenvalue weighted by Crippen LogP contribution is 2.42. The number of hydrogen-bond donors (Lipinski definition) is 0. The molecule has 2 aromatic heterocycles. The van der Waals surface area contributed by atoms with Crippen molar-refractivity contribution in [3.8, 4) is 11.4 Å². The van der Waals surface area contributed by atoms with Gasteiger partial charge in [-0.1, -0.05) is 39.8 Å². The Balaban J connectivity index is 2.09. The molecule has 10 heteroatoms. The maximum Gasteiger partial charge on any atom is 0.419 e. The average Bonchev–Trinajstić information content (AvgIpc) is 2.75. The molecule has 0 saturated heterocycles. The molecule has 0 N–H and O–H groups in total. The van der Waals surface area contributed by atoms with Gasteiger partial charge in [0, 0.05) is 16.3 Å². The summed E-state index contributed by atoms with van der Waals surface area (Å²) in [5.74, 6) is -0.734. The minimum Gasteiger partial charge on any atom is -0.240 e. The van der Waals surface area contributed by atoms with Crippen LogP contribution in [0.1, 0.15) is 62.0 Å². The molecule has 0 aliphatic heterocycles. The lowest BCUT2D eigenvalue weighted by molar-refractivity contribution is -0.137. The molecular weight excluding hydrogens is 458 g/mol. The van der Waals surface area contributed by atoms with E-state index in [4.69, 9.17) is 0 Å². The van der Waals surface area contributed by atoms with E-state index >= 15 is 0 Å². The maximum absolute atomic E-state index is 14.3. The highest BCUT2D eigenvalue weighted by molar-refractivity contribution is 5.91. The molecule has 0 radical (unpaired) electrons. The quantitative estimate of drug-likeness (QED) is 0.286. The molecule has 0 unspecified atom stereocenters. The Bertz CT molecular complexity index is 1390. The molecule has 0 fully saturated rings. The van der Waals surface area contributed by atoms with Crippen LogP contribution in [-0.4, -0.2) is 19.9 Å². The van der Waals surface area contributed by atoms with E-state index < -0.39 is 23.5 Å². The van der Waals surface area contributed by atoms with Crippen molar-refractivity contribution in [2.45, 2.75) is 51.9 Å². The first-order chi connectivity index (χ1) is 15.8. The summed E-state index contributed by atoms with van der Waals surface area (Å²) in [6, 6.07) is 5.71. The van der Waals surface area contributed by atoms with Crippen LogP contribution < -0.4 is 0 Å². The summed E-state index contributed by atoms with van der Waals surface area (Å²) >= 11 is 0. The fourth-order valence-electron chi connectivity index (χ4n) is 3.97. The van der Waals surface area contributed by atoms with Crippen molar-refractivity contribution in [2.75, 3.05) is 0 Å². The van der Waals surface area contributed by atoms with E-state index in [-0.39, 0.29) is 39.6 Å². The third-order valence-electron chi connectivity index (χ3n) is 5.51. The van der Waals surface area contributed by atoms with Gasteiger partial charge in [0.15, 0.2) is 5.82 Å². The van der Waals surface area contributed by atoms with Crippen molar-refractivity contribution in [1.29, 1.82) is 0 Å². The third-order valence-corrected chi connectivity index (χ3v) is 5.51. The van der Waals surface area contributed by atoms with Gasteiger partial charge in [0.1, 0.15) is 6.33 Å². The number of hydrogen-bond acceptors (Lipinski definition) is 4. The maximum atomic E-state index is 14.3. The smallest absolute Gasteiger partial charge is 0.240 e. The van der Waals surface area contributed by atoms with E-state index in [2.05, 4.69) is 19.9 Å². The molecule has 0 atom stereocenters. The summed E-state index contributed by atoms with van der Waals surface area (Å²) in [4.78, 5) is 16.5. The van der Waals surface area contributed by atoms with Crippen molar-refractivity contribution < 1.29 is 26.3 Å². The highest BCUT2D eigenvalue weighted by Gasteiger charge is 2.38. The molecule has 0 bridgehead atoms. The van der Waals surface area contributed by atoms with E-state index in [1.165, 1.54) is 18.2 Å². The Morgan fingerprint density at radius 2 is 1.35 bits per heavy atom. The van der Waals surface area contributed by atoms with Gasteiger partial charge in [-0.15, -0.1) is 0 Å². The van der Waals surface area contributed by atoms with Crippen LogP contribution in [0, 0.1) is 0 Å². The molecule has 0 saturated carbocycles. The summed E-state index contributed by atoms with van der Waals surface area (Å²) in [7, 11) is 0. The first-order valence-electron chi connectivity index (χ1n) is 10.5. The second kappa shape index (κ2) is 8.18. The standard InChI is InChI=1S/C24H20F6N4/c1-11(2)19-16-8-7-15(18(24(28,29)30)21(16)32-10-31-19)22-33-17-9-13(23(25,26)27)5-6-14(17)20(34-22)12(3)4/h5-12H,1-4H3. The van der Waals surface area contributed by atoms with Gasteiger partial charge in [-0.25, -0.2) is 19.9 Å². The fraction of sp³-hybridized carbons (Fsp3) is 0.333. The normalized spacial score (nSPS) is 12.9. The van der Waals surface area contributed by atoms with Gasteiger partial charge in [0.2, 0.25) is 0 Å². The lowest BCUT2D eigenvalue weighted by atomic mass is 9.97. The van der Waals surface area contributed by atoms with E-state index in [0.29, 0.717) is 16.8 Å². The van der Waals surface area contributed by atoms with E-state index in [0.717, 1.165) is 18.5 Å². The van der Waals surface area contributed by atoms with Crippen LogP contribution >= 0.6 is 0 Å². The van der Waals surface area contributed by atoms with Crippen LogP contribution in [0.3, 0.4) is 0 Å². The zero-order chi connectivity index (χ0) is 25.0. The fourth-order valence-corrected chi connectivity index (χ4v) is 3.97. The molecule has 0 aliphatic rings. The van der Waals surface area contributed by atoms with Crippen LogP contribution in [0.15, 0.2) is 36.7 Å². The van der Waals surface area contributed by atoms with Gasteiger partial charge in [-0.05, 0) is 30.0 Å². The minimum atomic E-state index is -4.82. The molecule has 4 rings (SSSR count). The Kier molecular flexibility index (Phi) is 5.73. The predicted octanol–water partition coefficient (Wildman–Crippen LogP) is 7.52. The van der Waals surface area contributed by atoms with E-state index in [1.807, 2.05) is 13.8 Å². The monoisotopic (exact) mass is 478 g/mol. The van der Waals surface area contributed by atoms with E-state index in [9.17, 15) is 26.3 Å². The second-order valence-corrected chi connectivity index (χ2v) is 8.61. The van der Waals surface area contributed by atoms with Gasteiger partial charge < -0.3 is 0 Å². The lowest BCUT2D eigenvalue weighted by Gasteiger charge is -2.18. The Morgan fingerprint density at radius 1 is 0.706 bits per heavy atom. The van der Waals surface area contributed by atoms with Crippen molar-refractivity contribution in [1.82, 2.24) is 19.9 Å². The van der Waals surface area contributed by atoms with Crippen LogP contribution in [0.5, 0.6) is 0 Å². The van der Waals surface area contributed by atoms with Crippen LogP contribution in [-0.2, 0) is 12.4 Å². The van der Waals surface area contributed by atoms with Crippen LogP contribution in [0.25, 0.3) is 33.2 Å². The molecule has 4 aromatic rings. The summed E-state index contributed by atoms with van der Waals surface area (Å²) < 4.78 is 82.8. The molecule has 0 aliphatic carbocycles. The molecule has 0 spiro atoms. The van der Waals surface area contributed by atoms with E-state index in [1.54, 1.807) is 13.8 Å². The molecular formula is C24H20F6N4. The predicted molar refractivity (Wildman–Crippen MR) is 116 cm³/mol. The topological polar surface area (TPSA) is 51.6 Å². The first kappa shape index (κ1) is 23.8. The van der Waals surface area contributed by atoms with Gasteiger partial charge in [-0.3, -0.25) is 0 Å². The number of aromatic nitrogens is 4. The van der Waals surface area contributed by atoms with Gasteiger partial charge in [-0.2, -0.15) is 26.3 Å². The van der Waals surface area contributed by atoms with Gasteiger partial charge in [0.05, 0.1) is 33.5 Å². The number of nitrogens with zero attached hydrogens (tertiary/aromatic N) is 4. The first-order valence-corrected chi connectivity index (χ1v) is 10.5. The molecule has 2 aromatic carbocycles. The van der Waals surface area contributed by atoms with Crippen molar-refractivity contribution in [2.24, 2.45) is 0 Å². The Hall–Kier alpha value is -3.30. The zero-order valence-electron chi connectivity index (χ0n) is 18.7. The summed E-state index contributed by atoms with van der Waals surface area (Å²) in [5, 5.41) is 0.600. The molecule has 178 valence electrons. The summed E-state index contributed by atoms with van der Waals surface area (Å²) in [6.07, 6.45) is -8.36. The lowest BCUT2D eigenvalue weighted by Crippen LogP contribution is -2.12. The summed E-state index contributed by atoms with van der Waals surface area (Å²) in [5.41, 5.74) is -1.91. The number of rotatable bonds is 3. The number of alkyl halides is 6. The summed E-state index contributed by atoms with van der Waals surface area (Å²) in [6.45, 7) is 7.14. The SMILES string of the molecule is CC(C)c1nc(-c2ccc3c(C(C)C)ncnc3c2C(F)(F)F)nc2cc(C(F)(F)F)ccc12. The van der Waals surface area contributed by atoms with Crippen molar-refractivity contribution in [3.63, 3.8) is 0 Å². The average molecular weight is 478 g/mol. The third kappa shape index (κ3) is 4.17. The number of fused-ring (bicyclic) bond motifs is 2. The highest BCUT2D eigenvalue weighted by atomic mass is 19.4. The molecule has 0 amide bonds.